The summed E-state index contributed by atoms with van der Waals surface area (Å²) < 4.78 is 27.7. The third-order valence-electron chi connectivity index (χ3n) is 4.37. The molecule has 8 heteroatoms. The van der Waals surface area contributed by atoms with Crippen molar-refractivity contribution in [1.82, 2.24) is 4.90 Å². The molecule has 26 heavy (non-hydrogen) atoms. The first-order chi connectivity index (χ1) is 12.4. The molecule has 1 amide bonds. The summed E-state index contributed by atoms with van der Waals surface area (Å²) in [5, 5.41) is 0.428. The molecule has 1 saturated heterocycles. The average molecular weight is 394 g/mol. The number of amides is 1. The van der Waals surface area contributed by atoms with E-state index in [4.69, 9.17) is 17.3 Å². The van der Waals surface area contributed by atoms with Crippen LogP contribution in [0.4, 0.5) is 5.69 Å². The molecule has 1 unspecified atom stereocenters. The Morgan fingerprint density at radius 2 is 2.00 bits per heavy atom. The van der Waals surface area contributed by atoms with Crippen LogP contribution in [0.15, 0.2) is 53.4 Å². The molecule has 0 spiro atoms. The van der Waals surface area contributed by atoms with Crippen LogP contribution in [-0.2, 0) is 10.0 Å². The summed E-state index contributed by atoms with van der Waals surface area (Å²) in [6, 6.07) is 12.5. The number of carbonyl (C=O) groups is 1. The van der Waals surface area contributed by atoms with Crippen LogP contribution in [-0.4, -0.2) is 38.9 Å². The van der Waals surface area contributed by atoms with Crippen LogP contribution in [0.5, 0.6) is 0 Å². The molecule has 1 heterocycles. The van der Waals surface area contributed by atoms with E-state index in [-0.39, 0.29) is 10.8 Å². The van der Waals surface area contributed by atoms with E-state index in [1.807, 2.05) is 0 Å². The molecule has 0 bridgehead atoms. The maximum absolute atomic E-state index is 12.6. The Bertz CT molecular complexity index is 917. The number of likely N-dealkylation sites (tertiary alicyclic amines) is 1. The van der Waals surface area contributed by atoms with Crippen LogP contribution in [0, 0.1) is 5.92 Å². The number of nitrogens with two attached hydrogens (primary N) is 1. The largest absolute Gasteiger partial charge is 0.338 e. The second kappa shape index (κ2) is 7.65. The van der Waals surface area contributed by atoms with Gasteiger partial charge in [0.25, 0.3) is 15.9 Å². The fourth-order valence-corrected chi connectivity index (χ4v) is 4.24. The molecule has 6 nitrogen and oxygen atoms in total. The molecule has 2 aromatic carbocycles. The molecule has 138 valence electrons. The highest BCUT2D eigenvalue weighted by molar-refractivity contribution is 7.92. The minimum atomic E-state index is -3.82. The Kier molecular flexibility index (Phi) is 5.50. The number of benzene rings is 2. The minimum absolute atomic E-state index is 0.0258. The topological polar surface area (TPSA) is 92.5 Å². The van der Waals surface area contributed by atoms with Crippen LogP contribution >= 0.6 is 11.6 Å². The molecule has 2 aromatic rings. The summed E-state index contributed by atoms with van der Waals surface area (Å²) in [5.41, 5.74) is 6.37. The molecule has 1 aliphatic rings. The standard InChI is InChI=1S/C18H20ClN3O3S/c19-15-4-2-5-16(10-15)21-26(24,25)17-6-1-3-14(9-17)18(23)22-8-7-13(11-20)12-22/h1-6,9-10,13,21H,7-8,11-12,20H2. The maximum Gasteiger partial charge on any atom is 0.261 e. The molecular formula is C18H20ClN3O3S. The van der Waals surface area contributed by atoms with Gasteiger partial charge in [0, 0.05) is 23.7 Å². The number of anilines is 1. The van der Waals surface area contributed by atoms with Gasteiger partial charge in [-0.15, -0.1) is 0 Å². The number of hydrogen-bond donors (Lipinski definition) is 2. The fourth-order valence-electron chi connectivity index (χ4n) is 2.95. The fraction of sp³-hybridized carbons (Fsp3) is 0.278. The first-order valence-electron chi connectivity index (χ1n) is 8.27. The van der Waals surface area contributed by atoms with Crippen molar-refractivity contribution in [2.24, 2.45) is 11.7 Å². The number of sulfonamides is 1. The highest BCUT2D eigenvalue weighted by Gasteiger charge is 2.26. The highest BCUT2D eigenvalue weighted by atomic mass is 35.5. The number of nitrogens with zero attached hydrogens (tertiary/aromatic N) is 1. The third-order valence-corrected chi connectivity index (χ3v) is 5.99. The molecule has 1 aliphatic heterocycles. The van der Waals surface area contributed by atoms with Crippen molar-refractivity contribution in [2.45, 2.75) is 11.3 Å². The molecule has 1 atom stereocenters. The summed E-state index contributed by atoms with van der Waals surface area (Å²) in [6.07, 6.45) is 0.872. The van der Waals surface area contributed by atoms with E-state index in [0.29, 0.717) is 41.8 Å². The number of carbonyl (C=O) groups excluding carboxylic acids is 1. The van der Waals surface area contributed by atoms with Crippen molar-refractivity contribution in [3.05, 3.63) is 59.1 Å². The van der Waals surface area contributed by atoms with Crippen LogP contribution in [0.1, 0.15) is 16.8 Å². The van der Waals surface area contributed by atoms with Gasteiger partial charge in [0.05, 0.1) is 10.6 Å². The molecule has 0 aliphatic carbocycles. The van der Waals surface area contributed by atoms with Gasteiger partial charge in [-0.1, -0.05) is 23.7 Å². The van der Waals surface area contributed by atoms with Crippen molar-refractivity contribution in [3.63, 3.8) is 0 Å². The van der Waals surface area contributed by atoms with E-state index in [2.05, 4.69) is 4.72 Å². The lowest BCUT2D eigenvalue weighted by atomic mass is 10.1. The van der Waals surface area contributed by atoms with Crippen molar-refractivity contribution in [1.29, 1.82) is 0 Å². The summed E-state index contributed by atoms with van der Waals surface area (Å²) in [7, 11) is -3.82. The molecular weight excluding hydrogens is 374 g/mol. The van der Waals surface area contributed by atoms with Crippen molar-refractivity contribution < 1.29 is 13.2 Å². The number of halogens is 1. The Balaban J connectivity index is 1.81. The number of rotatable bonds is 5. The van der Waals surface area contributed by atoms with Gasteiger partial charge in [0.15, 0.2) is 0 Å². The van der Waals surface area contributed by atoms with E-state index in [9.17, 15) is 13.2 Å². The van der Waals surface area contributed by atoms with Crippen molar-refractivity contribution >= 4 is 33.2 Å². The minimum Gasteiger partial charge on any atom is -0.338 e. The van der Waals surface area contributed by atoms with Gasteiger partial charge in [0.1, 0.15) is 0 Å². The van der Waals surface area contributed by atoms with Crippen LogP contribution in [0.2, 0.25) is 5.02 Å². The molecule has 0 saturated carbocycles. The van der Waals surface area contributed by atoms with E-state index < -0.39 is 10.0 Å². The Morgan fingerprint density at radius 1 is 1.23 bits per heavy atom. The van der Waals surface area contributed by atoms with E-state index in [1.54, 1.807) is 35.2 Å². The van der Waals surface area contributed by atoms with Gasteiger partial charge in [0.2, 0.25) is 0 Å². The lowest BCUT2D eigenvalue weighted by Gasteiger charge is -2.17. The van der Waals surface area contributed by atoms with Gasteiger partial charge < -0.3 is 10.6 Å². The molecule has 3 N–H and O–H groups in total. The zero-order valence-electron chi connectivity index (χ0n) is 14.1. The summed E-state index contributed by atoms with van der Waals surface area (Å²) >= 11 is 5.89. The number of nitrogens with one attached hydrogen (secondary N) is 1. The zero-order chi connectivity index (χ0) is 18.7. The predicted molar refractivity (Wildman–Crippen MR) is 102 cm³/mol. The lowest BCUT2D eigenvalue weighted by molar-refractivity contribution is 0.0787. The Morgan fingerprint density at radius 3 is 2.69 bits per heavy atom. The normalized spacial score (nSPS) is 17.3. The van der Waals surface area contributed by atoms with Crippen LogP contribution < -0.4 is 10.5 Å². The van der Waals surface area contributed by atoms with E-state index >= 15 is 0 Å². The maximum atomic E-state index is 12.6. The first-order valence-corrected chi connectivity index (χ1v) is 10.1. The SMILES string of the molecule is NCC1CCN(C(=O)c2cccc(S(=O)(=O)Nc3cccc(Cl)c3)c2)C1. The van der Waals surface area contributed by atoms with Crippen molar-refractivity contribution in [3.8, 4) is 0 Å². The zero-order valence-corrected chi connectivity index (χ0v) is 15.6. The van der Waals surface area contributed by atoms with Gasteiger partial charge in [-0.3, -0.25) is 9.52 Å². The quantitative estimate of drug-likeness (QED) is 0.816. The second-order valence-electron chi connectivity index (χ2n) is 6.29. The average Bonchev–Trinajstić information content (AvgIpc) is 3.10. The Hall–Kier alpha value is -2.09. The summed E-state index contributed by atoms with van der Waals surface area (Å²) in [6.45, 7) is 1.78. The second-order valence-corrected chi connectivity index (χ2v) is 8.40. The molecule has 3 rings (SSSR count). The monoisotopic (exact) mass is 393 g/mol. The summed E-state index contributed by atoms with van der Waals surface area (Å²) in [4.78, 5) is 14.4. The van der Waals surface area contributed by atoms with E-state index in [1.165, 1.54) is 18.2 Å². The first kappa shape index (κ1) is 18.7. The van der Waals surface area contributed by atoms with Crippen LogP contribution in [0.3, 0.4) is 0 Å². The predicted octanol–water partition coefficient (Wildman–Crippen LogP) is 2.56. The summed E-state index contributed by atoms with van der Waals surface area (Å²) in [5.74, 6) is 0.121. The van der Waals surface area contributed by atoms with Gasteiger partial charge in [-0.2, -0.15) is 0 Å². The highest BCUT2D eigenvalue weighted by Crippen LogP contribution is 2.22. The lowest BCUT2D eigenvalue weighted by Crippen LogP contribution is -2.30. The van der Waals surface area contributed by atoms with Crippen LogP contribution in [0.25, 0.3) is 0 Å². The Labute approximate surface area is 158 Å². The third kappa shape index (κ3) is 4.17. The van der Waals surface area contributed by atoms with Gasteiger partial charge >= 0.3 is 0 Å². The molecule has 0 radical (unpaired) electrons. The smallest absolute Gasteiger partial charge is 0.261 e. The molecule has 1 fully saturated rings. The van der Waals surface area contributed by atoms with E-state index in [0.717, 1.165) is 6.42 Å². The van der Waals surface area contributed by atoms with Gasteiger partial charge in [-0.05, 0) is 55.3 Å². The van der Waals surface area contributed by atoms with Gasteiger partial charge in [-0.25, -0.2) is 8.42 Å². The number of hydrogen-bond acceptors (Lipinski definition) is 4. The molecule has 0 aromatic heterocycles. The van der Waals surface area contributed by atoms with Crippen molar-refractivity contribution in [2.75, 3.05) is 24.4 Å².